The summed E-state index contributed by atoms with van der Waals surface area (Å²) in [7, 11) is 2.23. The molecule has 1 aromatic heterocycles. The third-order valence-electron chi connectivity index (χ3n) is 10.7. The second-order valence-electron chi connectivity index (χ2n) is 13.6. The van der Waals surface area contributed by atoms with Gasteiger partial charge in [-0.2, -0.15) is 4.98 Å². The normalized spacial score (nSPS) is 26.1. The van der Waals surface area contributed by atoms with Gasteiger partial charge in [0, 0.05) is 72.9 Å². The summed E-state index contributed by atoms with van der Waals surface area (Å²) < 4.78 is 37.3. The minimum Gasteiger partial charge on any atom is -0.488 e. The van der Waals surface area contributed by atoms with E-state index in [2.05, 4.69) is 28.4 Å². The molecule has 3 aromatic rings. The Morgan fingerprint density at radius 1 is 1.11 bits per heavy atom. The highest BCUT2D eigenvalue weighted by Crippen LogP contribution is 2.47. The van der Waals surface area contributed by atoms with E-state index in [4.69, 9.17) is 16.3 Å². The highest BCUT2D eigenvalue weighted by atomic mass is 35.5. The molecule has 3 saturated heterocycles. The van der Waals surface area contributed by atoms with Crippen LogP contribution in [-0.4, -0.2) is 101 Å². The van der Waals surface area contributed by atoms with Gasteiger partial charge >= 0.3 is 5.69 Å². The predicted molar refractivity (Wildman–Crippen MR) is 179 cm³/mol. The zero-order valence-corrected chi connectivity index (χ0v) is 27.8. The van der Waals surface area contributed by atoms with E-state index in [1.165, 1.54) is 31.1 Å². The first-order valence-corrected chi connectivity index (χ1v) is 16.9. The van der Waals surface area contributed by atoms with E-state index in [9.17, 15) is 14.0 Å². The number of likely N-dealkylation sites (tertiary alicyclic amines) is 1. The van der Waals surface area contributed by atoms with Gasteiger partial charge in [-0.05, 0) is 77.4 Å². The van der Waals surface area contributed by atoms with Crippen molar-refractivity contribution in [1.29, 1.82) is 0 Å². The van der Waals surface area contributed by atoms with E-state index >= 15 is 4.39 Å². The molecule has 0 N–H and O–H groups in total. The number of hydrogen-bond donors (Lipinski definition) is 0. The molecule has 4 aliphatic heterocycles. The Bertz CT molecular complexity index is 1790. The van der Waals surface area contributed by atoms with Crippen molar-refractivity contribution >= 4 is 34.2 Å². The van der Waals surface area contributed by atoms with E-state index in [0.717, 1.165) is 32.1 Å². The number of likely N-dealkylation sites (N-methyl/N-ethyl adjacent to an activating group) is 1. The van der Waals surface area contributed by atoms with Crippen molar-refractivity contribution in [3.8, 4) is 16.9 Å². The standard InChI is InChI=1S/C35H41ClF2N6O3/c1-5-30(45)42-15-21(3)43(16-20(42)2)34-27-14-28(36)31(26-11-8-22(37)13-29(26)38)33-32(27)44(35(46)39-34)25(19-47-33)7-6-12-41-17-23-9-10-24(18-41)40(23)4/h5,8,11,13-14,20-21,23-25H,1,6-7,9-10,12,15-19H2,2-4H3/t20-,21+,23?,24?,25-/m1/s1. The van der Waals surface area contributed by atoms with Crippen LogP contribution in [0.2, 0.25) is 5.02 Å². The summed E-state index contributed by atoms with van der Waals surface area (Å²) in [4.78, 5) is 40.1. The fourth-order valence-electron chi connectivity index (χ4n) is 8.21. The molecule has 0 radical (unpaired) electrons. The number of rotatable bonds is 7. The van der Waals surface area contributed by atoms with Crippen LogP contribution < -0.4 is 15.3 Å². The molecule has 250 valence electrons. The molecule has 7 rings (SSSR count). The lowest BCUT2D eigenvalue weighted by Gasteiger charge is -2.45. The lowest BCUT2D eigenvalue weighted by Crippen LogP contribution is -2.58. The van der Waals surface area contributed by atoms with Crippen LogP contribution in [0, 0.1) is 11.6 Å². The van der Waals surface area contributed by atoms with E-state index in [0.29, 0.717) is 48.3 Å². The van der Waals surface area contributed by atoms with Gasteiger partial charge in [-0.1, -0.05) is 18.2 Å². The van der Waals surface area contributed by atoms with E-state index in [1.807, 2.05) is 18.7 Å². The van der Waals surface area contributed by atoms with Gasteiger partial charge < -0.3 is 19.4 Å². The molecular formula is C35H41ClF2N6O3. The molecule has 1 amide bonds. The molecule has 3 fully saturated rings. The van der Waals surface area contributed by atoms with Crippen LogP contribution in [0.25, 0.3) is 22.0 Å². The zero-order valence-electron chi connectivity index (χ0n) is 27.1. The number of nitrogens with zero attached hydrogens (tertiary/aromatic N) is 6. The lowest BCUT2D eigenvalue weighted by atomic mass is 9.98. The maximum absolute atomic E-state index is 15.2. The van der Waals surface area contributed by atoms with Gasteiger partial charge in [0.15, 0.2) is 5.75 Å². The van der Waals surface area contributed by atoms with Gasteiger partial charge in [0.25, 0.3) is 0 Å². The number of benzene rings is 2. The number of anilines is 1. The van der Waals surface area contributed by atoms with E-state index < -0.39 is 17.3 Å². The largest absolute Gasteiger partial charge is 0.488 e. The number of aromatic nitrogens is 2. The van der Waals surface area contributed by atoms with Crippen LogP contribution in [0.4, 0.5) is 14.6 Å². The molecule has 2 unspecified atom stereocenters. The molecule has 0 spiro atoms. The number of fused-ring (bicyclic) bond motifs is 2. The average molecular weight is 667 g/mol. The summed E-state index contributed by atoms with van der Waals surface area (Å²) >= 11 is 6.91. The number of ether oxygens (including phenoxy) is 1. The van der Waals surface area contributed by atoms with Crippen LogP contribution in [-0.2, 0) is 4.79 Å². The molecule has 4 aliphatic rings. The quantitative estimate of drug-likeness (QED) is 0.325. The fourth-order valence-corrected chi connectivity index (χ4v) is 8.51. The summed E-state index contributed by atoms with van der Waals surface area (Å²) in [6, 6.07) is 5.64. The number of halogens is 3. The summed E-state index contributed by atoms with van der Waals surface area (Å²) in [5, 5.41) is 0.814. The van der Waals surface area contributed by atoms with E-state index in [1.54, 1.807) is 15.5 Å². The number of carbonyl (C=O) groups is 1. The molecular weight excluding hydrogens is 626 g/mol. The van der Waals surface area contributed by atoms with Crippen molar-refractivity contribution in [3.05, 3.63) is 64.1 Å². The second kappa shape index (κ2) is 12.5. The maximum Gasteiger partial charge on any atom is 0.350 e. The van der Waals surface area contributed by atoms with Crippen molar-refractivity contribution in [2.75, 3.05) is 51.3 Å². The van der Waals surface area contributed by atoms with Gasteiger partial charge in [-0.3, -0.25) is 14.3 Å². The van der Waals surface area contributed by atoms with Gasteiger partial charge in [0.2, 0.25) is 5.91 Å². The van der Waals surface area contributed by atoms with Crippen molar-refractivity contribution in [2.24, 2.45) is 0 Å². The summed E-state index contributed by atoms with van der Waals surface area (Å²) in [6.07, 6.45) is 5.38. The first-order chi connectivity index (χ1) is 22.5. The summed E-state index contributed by atoms with van der Waals surface area (Å²) in [6.45, 7) is 11.7. The molecule has 5 atom stereocenters. The van der Waals surface area contributed by atoms with Gasteiger partial charge in [0.05, 0.1) is 16.6 Å². The summed E-state index contributed by atoms with van der Waals surface area (Å²) in [5.41, 5.74) is 0.446. The van der Waals surface area contributed by atoms with E-state index in [-0.39, 0.29) is 52.5 Å². The SMILES string of the molecule is C=CC(=O)N1C[C@H](C)N(c2nc(=O)n3c4c(c(-c5ccc(F)cc5F)c(Cl)cc24)OC[C@H]3CCCN2CC3CCC(C2)N3C)C[C@H]1C. The minimum absolute atomic E-state index is 0.0901. The Kier molecular flexibility index (Phi) is 8.51. The highest BCUT2D eigenvalue weighted by Gasteiger charge is 2.38. The second-order valence-corrected chi connectivity index (χ2v) is 14.0. The van der Waals surface area contributed by atoms with Crippen LogP contribution in [0.5, 0.6) is 5.75 Å². The molecule has 2 aromatic carbocycles. The van der Waals surface area contributed by atoms with Crippen LogP contribution in [0.3, 0.4) is 0 Å². The van der Waals surface area contributed by atoms with Crippen molar-refractivity contribution in [3.63, 3.8) is 0 Å². The summed E-state index contributed by atoms with van der Waals surface area (Å²) in [5.74, 6) is -0.900. The lowest BCUT2D eigenvalue weighted by molar-refractivity contribution is -0.128. The third-order valence-corrected chi connectivity index (χ3v) is 11.0. The average Bonchev–Trinajstić information content (AvgIpc) is 3.23. The van der Waals surface area contributed by atoms with Gasteiger partial charge in [-0.15, -0.1) is 0 Å². The van der Waals surface area contributed by atoms with Crippen molar-refractivity contribution < 1.29 is 18.3 Å². The molecule has 47 heavy (non-hydrogen) atoms. The molecule has 0 aliphatic carbocycles. The Labute approximate surface area is 278 Å². The van der Waals surface area contributed by atoms with Gasteiger partial charge in [-0.25, -0.2) is 13.6 Å². The van der Waals surface area contributed by atoms with Crippen LogP contribution in [0.15, 0.2) is 41.7 Å². The Hall–Kier alpha value is -3.54. The predicted octanol–water partition coefficient (Wildman–Crippen LogP) is 5.10. The molecule has 2 bridgehead atoms. The van der Waals surface area contributed by atoms with Crippen molar-refractivity contribution in [1.82, 2.24) is 24.3 Å². The smallest absolute Gasteiger partial charge is 0.350 e. The number of carbonyl (C=O) groups excluding carboxylic acids is 1. The zero-order chi connectivity index (χ0) is 33.1. The van der Waals surface area contributed by atoms with Crippen LogP contribution in [0.1, 0.15) is 45.6 Å². The Balaban J connectivity index is 1.28. The Morgan fingerprint density at radius 3 is 2.55 bits per heavy atom. The first kappa shape index (κ1) is 32.0. The Morgan fingerprint density at radius 2 is 1.85 bits per heavy atom. The fraction of sp³-hybridized carbons (Fsp3) is 0.514. The van der Waals surface area contributed by atoms with Crippen molar-refractivity contribution in [2.45, 2.75) is 69.7 Å². The highest BCUT2D eigenvalue weighted by molar-refractivity contribution is 6.35. The number of amides is 1. The van der Waals surface area contributed by atoms with Crippen LogP contribution >= 0.6 is 11.6 Å². The molecule has 12 heteroatoms. The first-order valence-electron chi connectivity index (χ1n) is 16.6. The molecule has 0 saturated carbocycles. The third kappa shape index (κ3) is 5.59. The molecule has 9 nitrogen and oxygen atoms in total. The maximum atomic E-state index is 15.2. The monoisotopic (exact) mass is 666 g/mol. The number of hydrogen-bond acceptors (Lipinski definition) is 7. The topological polar surface area (TPSA) is 74.1 Å². The van der Waals surface area contributed by atoms with Gasteiger partial charge in [0.1, 0.15) is 24.1 Å². The number of piperazine rings is 2. The minimum atomic E-state index is -0.775. The molecule has 5 heterocycles.